The summed E-state index contributed by atoms with van der Waals surface area (Å²) in [4.78, 5) is 13.4. The van der Waals surface area contributed by atoms with Crippen molar-refractivity contribution in [1.82, 2.24) is 14.8 Å². The maximum atomic E-state index is 13.4. The standard InChI is InChI=1S/C25H23FN4O2S/c1-16-9-14-21(32-3)20(15-16)27-24(31)22(17-7-5-4-6-8-17)33-25-29-28-23(30(25)2)18-10-12-19(26)13-11-18/h4-15,22H,1-3H3,(H,27,31). The number of nitrogens with zero attached hydrogens (tertiary/aromatic N) is 3. The topological polar surface area (TPSA) is 69.0 Å². The molecule has 0 saturated heterocycles. The summed E-state index contributed by atoms with van der Waals surface area (Å²) in [5.41, 5.74) is 3.18. The normalized spacial score (nSPS) is 11.8. The smallest absolute Gasteiger partial charge is 0.242 e. The average Bonchev–Trinajstić information content (AvgIpc) is 3.18. The fraction of sp³-hybridized carbons (Fsp3) is 0.160. The molecule has 0 aliphatic carbocycles. The highest BCUT2D eigenvalue weighted by Gasteiger charge is 2.26. The summed E-state index contributed by atoms with van der Waals surface area (Å²) in [6.45, 7) is 1.95. The summed E-state index contributed by atoms with van der Waals surface area (Å²) in [7, 11) is 3.39. The molecule has 0 fully saturated rings. The molecular formula is C25H23FN4O2S. The van der Waals surface area contributed by atoms with Gasteiger partial charge in [0.05, 0.1) is 12.8 Å². The van der Waals surface area contributed by atoms with Crippen LogP contribution in [-0.4, -0.2) is 27.8 Å². The van der Waals surface area contributed by atoms with Crippen molar-refractivity contribution in [2.75, 3.05) is 12.4 Å². The number of anilines is 1. The second kappa shape index (κ2) is 9.87. The number of hydrogen-bond donors (Lipinski definition) is 1. The Labute approximate surface area is 195 Å². The fourth-order valence-electron chi connectivity index (χ4n) is 3.39. The summed E-state index contributed by atoms with van der Waals surface area (Å²) in [6.07, 6.45) is 0. The molecule has 33 heavy (non-hydrogen) atoms. The van der Waals surface area contributed by atoms with Crippen LogP contribution < -0.4 is 10.1 Å². The van der Waals surface area contributed by atoms with Gasteiger partial charge in [-0.25, -0.2) is 4.39 Å². The van der Waals surface area contributed by atoms with E-state index in [1.165, 1.54) is 23.9 Å². The third kappa shape index (κ3) is 5.06. The lowest BCUT2D eigenvalue weighted by molar-refractivity contribution is -0.115. The zero-order chi connectivity index (χ0) is 23.4. The molecule has 0 aliphatic heterocycles. The average molecular weight is 463 g/mol. The van der Waals surface area contributed by atoms with E-state index >= 15 is 0 Å². The van der Waals surface area contributed by atoms with Gasteiger partial charge in [-0.3, -0.25) is 4.79 Å². The lowest BCUT2D eigenvalue weighted by Gasteiger charge is -2.18. The number of carbonyl (C=O) groups excluding carboxylic acids is 1. The third-order valence-electron chi connectivity index (χ3n) is 5.11. The molecule has 0 radical (unpaired) electrons. The molecule has 1 amide bonds. The number of rotatable bonds is 7. The van der Waals surface area contributed by atoms with E-state index in [4.69, 9.17) is 4.74 Å². The predicted molar refractivity (Wildman–Crippen MR) is 128 cm³/mol. The minimum atomic E-state index is -0.583. The van der Waals surface area contributed by atoms with Gasteiger partial charge in [-0.1, -0.05) is 48.2 Å². The van der Waals surface area contributed by atoms with E-state index in [9.17, 15) is 9.18 Å². The number of halogens is 1. The quantitative estimate of drug-likeness (QED) is 0.372. The van der Waals surface area contributed by atoms with Crippen molar-refractivity contribution < 1.29 is 13.9 Å². The molecule has 1 unspecified atom stereocenters. The van der Waals surface area contributed by atoms with Crippen LogP contribution in [0.15, 0.2) is 78.0 Å². The number of amides is 1. The van der Waals surface area contributed by atoms with Crippen molar-refractivity contribution in [3.63, 3.8) is 0 Å². The van der Waals surface area contributed by atoms with Crippen LogP contribution >= 0.6 is 11.8 Å². The number of hydrogen-bond acceptors (Lipinski definition) is 5. The first kappa shape index (κ1) is 22.5. The zero-order valence-corrected chi connectivity index (χ0v) is 19.3. The minimum Gasteiger partial charge on any atom is -0.495 e. The maximum Gasteiger partial charge on any atom is 0.242 e. The van der Waals surface area contributed by atoms with Crippen LogP contribution in [0.2, 0.25) is 0 Å². The molecule has 6 nitrogen and oxygen atoms in total. The number of methoxy groups -OCH3 is 1. The van der Waals surface area contributed by atoms with Gasteiger partial charge in [0, 0.05) is 12.6 Å². The van der Waals surface area contributed by atoms with Crippen molar-refractivity contribution >= 4 is 23.4 Å². The van der Waals surface area contributed by atoms with E-state index in [1.54, 1.807) is 23.8 Å². The Morgan fingerprint density at radius 2 is 1.79 bits per heavy atom. The molecule has 0 bridgehead atoms. The van der Waals surface area contributed by atoms with Crippen LogP contribution in [0.4, 0.5) is 10.1 Å². The first-order valence-electron chi connectivity index (χ1n) is 10.3. The molecule has 3 aromatic carbocycles. The Hall–Kier alpha value is -3.65. The van der Waals surface area contributed by atoms with Gasteiger partial charge < -0.3 is 14.6 Å². The van der Waals surface area contributed by atoms with Crippen LogP contribution in [0.1, 0.15) is 16.4 Å². The highest BCUT2D eigenvalue weighted by atomic mass is 32.2. The fourth-order valence-corrected chi connectivity index (χ4v) is 4.39. The molecule has 1 N–H and O–H groups in total. The highest BCUT2D eigenvalue weighted by molar-refractivity contribution is 8.00. The number of nitrogens with one attached hydrogen (secondary N) is 1. The number of aryl methyl sites for hydroxylation is 1. The monoisotopic (exact) mass is 462 g/mol. The third-order valence-corrected chi connectivity index (χ3v) is 6.40. The van der Waals surface area contributed by atoms with Gasteiger partial charge in [0.25, 0.3) is 0 Å². The zero-order valence-electron chi connectivity index (χ0n) is 18.4. The molecule has 4 rings (SSSR count). The Morgan fingerprint density at radius 1 is 1.06 bits per heavy atom. The second-order valence-electron chi connectivity index (χ2n) is 7.47. The van der Waals surface area contributed by atoms with Crippen LogP contribution in [0.3, 0.4) is 0 Å². The molecule has 1 atom stereocenters. The summed E-state index contributed by atoms with van der Waals surface area (Å²) < 4.78 is 20.5. The Balaban J connectivity index is 1.65. The van der Waals surface area contributed by atoms with Crippen molar-refractivity contribution in [2.24, 2.45) is 7.05 Å². The van der Waals surface area contributed by atoms with E-state index < -0.39 is 5.25 Å². The van der Waals surface area contributed by atoms with Gasteiger partial charge in [-0.05, 0) is 54.4 Å². The van der Waals surface area contributed by atoms with Crippen molar-refractivity contribution in [2.45, 2.75) is 17.3 Å². The molecule has 8 heteroatoms. The molecular weight excluding hydrogens is 439 g/mol. The van der Waals surface area contributed by atoms with Crippen LogP contribution in [0, 0.1) is 12.7 Å². The first-order valence-corrected chi connectivity index (χ1v) is 11.2. The Kier molecular flexibility index (Phi) is 6.74. The number of ether oxygens (including phenoxy) is 1. The van der Waals surface area contributed by atoms with E-state index in [2.05, 4.69) is 15.5 Å². The van der Waals surface area contributed by atoms with E-state index in [-0.39, 0.29) is 11.7 Å². The van der Waals surface area contributed by atoms with E-state index in [1.807, 2.05) is 62.5 Å². The van der Waals surface area contributed by atoms with Crippen LogP contribution in [-0.2, 0) is 11.8 Å². The molecule has 0 aliphatic rings. The minimum absolute atomic E-state index is 0.207. The van der Waals surface area contributed by atoms with Crippen molar-refractivity contribution in [1.29, 1.82) is 0 Å². The lowest BCUT2D eigenvalue weighted by atomic mass is 10.1. The summed E-state index contributed by atoms with van der Waals surface area (Å²) in [6, 6.07) is 21.2. The van der Waals surface area contributed by atoms with E-state index in [0.29, 0.717) is 22.4 Å². The number of thioether (sulfide) groups is 1. The lowest BCUT2D eigenvalue weighted by Crippen LogP contribution is -2.20. The summed E-state index contributed by atoms with van der Waals surface area (Å²) in [5.74, 6) is 0.650. The predicted octanol–water partition coefficient (Wildman–Crippen LogP) is 5.41. The van der Waals surface area contributed by atoms with Gasteiger partial charge in [0.2, 0.25) is 5.91 Å². The second-order valence-corrected chi connectivity index (χ2v) is 8.55. The highest BCUT2D eigenvalue weighted by Crippen LogP contribution is 2.37. The first-order chi connectivity index (χ1) is 16.0. The number of carbonyl (C=O) groups is 1. The van der Waals surface area contributed by atoms with Gasteiger partial charge >= 0.3 is 0 Å². The number of aromatic nitrogens is 3. The van der Waals surface area contributed by atoms with Gasteiger partial charge in [-0.15, -0.1) is 10.2 Å². The molecule has 168 valence electrons. The van der Waals surface area contributed by atoms with Crippen LogP contribution in [0.5, 0.6) is 5.75 Å². The Bertz CT molecular complexity index is 1260. The Morgan fingerprint density at radius 3 is 2.48 bits per heavy atom. The maximum absolute atomic E-state index is 13.4. The molecule has 1 aromatic heterocycles. The van der Waals surface area contributed by atoms with Crippen molar-refractivity contribution in [3.8, 4) is 17.1 Å². The number of benzene rings is 3. The SMILES string of the molecule is COc1ccc(C)cc1NC(=O)C(Sc1nnc(-c2ccc(F)cc2)n1C)c1ccccc1. The molecule has 0 spiro atoms. The van der Waals surface area contributed by atoms with Crippen LogP contribution in [0.25, 0.3) is 11.4 Å². The van der Waals surface area contributed by atoms with E-state index in [0.717, 1.165) is 16.7 Å². The van der Waals surface area contributed by atoms with Gasteiger partial charge in [0.1, 0.15) is 16.8 Å². The summed E-state index contributed by atoms with van der Waals surface area (Å²) in [5, 5.41) is 11.5. The summed E-state index contributed by atoms with van der Waals surface area (Å²) >= 11 is 1.29. The molecule has 4 aromatic rings. The van der Waals surface area contributed by atoms with Gasteiger partial charge in [-0.2, -0.15) is 0 Å². The largest absolute Gasteiger partial charge is 0.495 e. The van der Waals surface area contributed by atoms with Gasteiger partial charge in [0.15, 0.2) is 11.0 Å². The van der Waals surface area contributed by atoms with Crippen molar-refractivity contribution in [3.05, 3.63) is 89.7 Å². The molecule has 1 heterocycles. The molecule has 0 saturated carbocycles.